The van der Waals surface area contributed by atoms with Gasteiger partial charge in [-0.05, 0) is 30.7 Å². The molecule has 1 atom stereocenters. The van der Waals surface area contributed by atoms with Crippen LogP contribution >= 0.6 is 0 Å². The molecule has 1 unspecified atom stereocenters. The molecule has 0 saturated carbocycles. The molecular weight excluding hydrogens is 217 g/mol. The van der Waals surface area contributed by atoms with Crippen LogP contribution in [0.2, 0.25) is 0 Å². The highest BCUT2D eigenvalue weighted by Gasteiger charge is 2.04. The maximum Gasteiger partial charge on any atom is 0.123 e. The number of hydrogen-bond donors (Lipinski definition) is 1. The topological polar surface area (TPSA) is 37.8 Å². The second-order valence-corrected chi connectivity index (χ2v) is 3.85. The van der Waals surface area contributed by atoms with Gasteiger partial charge in [-0.2, -0.15) is 0 Å². The predicted molar refractivity (Wildman–Crippen MR) is 63.7 cm³/mol. The Kier molecular flexibility index (Phi) is 3.77. The lowest BCUT2D eigenvalue weighted by molar-refractivity contribution is 0.564. The molecule has 17 heavy (non-hydrogen) atoms. The standard InChI is InChI=1S/C13H14FN3/c1-10(11-2-4-12(14)5-3-11)16-8-13-6-7-15-9-17-13/h2-7,9-10,16H,8H2,1H3. The van der Waals surface area contributed by atoms with Gasteiger partial charge in [0.05, 0.1) is 5.69 Å². The Morgan fingerprint density at radius 2 is 2.00 bits per heavy atom. The van der Waals surface area contributed by atoms with Crippen LogP contribution in [0.1, 0.15) is 24.2 Å². The number of aromatic nitrogens is 2. The van der Waals surface area contributed by atoms with E-state index in [4.69, 9.17) is 0 Å². The quantitative estimate of drug-likeness (QED) is 0.878. The van der Waals surface area contributed by atoms with Crippen molar-refractivity contribution in [2.75, 3.05) is 0 Å². The molecule has 3 nitrogen and oxygen atoms in total. The Morgan fingerprint density at radius 3 is 2.65 bits per heavy atom. The van der Waals surface area contributed by atoms with Crippen LogP contribution in [0.4, 0.5) is 4.39 Å². The van der Waals surface area contributed by atoms with Gasteiger partial charge in [-0.3, -0.25) is 0 Å². The smallest absolute Gasteiger partial charge is 0.123 e. The third kappa shape index (κ3) is 3.32. The molecule has 1 heterocycles. The summed E-state index contributed by atoms with van der Waals surface area (Å²) in [6.07, 6.45) is 3.24. The van der Waals surface area contributed by atoms with Crippen LogP contribution in [0.5, 0.6) is 0 Å². The van der Waals surface area contributed by atoms with Crippen LogP contribution < -0.4 is 5.32 Å². The summed E-state index contributed by atoms with van der Waals surface area (Å²) in [4.78, 5) is 7.98. The number of hydrogen-bond acceptors (Lipinski definition) is 3. The molecule has 1 aromatic heterocycles. The summed E-state index contributed by atoms with van der Waals surface area (Å²) in [5.74, 6) is -0.211. The van der Waals surface area contributed by atoms with E-state index in [-0.39, 0.29) is 11.9 Å². The van der Waals surface area contributed by atoms with Crippen molar-refractivity contribution in [1.82, 2.24) is 15.3 Å². The first-order valence-electron chi connectivity index (χ1n) is 5.49. The molecule has 0 spiro atoms. The predicted octanol–water partition coefficient (Wildman–Crippen LogP) is 2.47. The normalized spacial score (nSPS) is 12.4. The van der Waals surface area contributed by atoms with E-state index in [1.807, 2.05) is 13.0 Å². The van der Waals surface area contributed by atoms with Crippen molar-refractivity contribution in [2.24, 2.45) is 0 Å². The van der Waals surface area contributed by atoms with Crippen LogP contribution in [-0.4, -0.2) is 9.97 Å². The second kappa shape index (κ2) is 5.50. The highest BCUT2D eigenvalue weighted by Crippen LogP contribution is 2.13. The average molecular weight is 231 g/mol. The monoisotopic (exact) mass is 231 g/mol. The van der Waals surface area contributed by atoms with E-state index in [2.05, 4.69) is 15.3 Å². The van der Waals surface area contributed by atoms with E-state index in [1.54, 1.807) is 18.3 Å². The molecule has 1 aromatic carbocycles. The number of nitrogens with zero attached hydrogens (tertiary/aromatic N) is 2. The average Bonchev–Trinajstić information content (AvgIpc) is 2.38. The van der Waals surface area contributed by atoms with Crippen LogP contribution in [0.15, 0.2) is 42.9 Å². The molecular formula is C13H14FN3. The molecule has 2 aromatic rings. The highest BCUT2D eigenvalue weighted by atomic mass is 19.1. The minimum atomic E-state index is -0.211. The maximum absolute atomic E-state index is 12.8. The molecule has 0 fully saturated rings. The Hall–Kier alpha value is -1.81. The van der Waals surface area contributed by atoms with E-state index >= 15 is 0 Å². The lowest BCUT2D eigenvalue weighted by Crippen LogP contribution is -2.18. The zero-order chi connectivity index (χ0) is 12.1. The third-order valence-corrected chi connectivity index (χ3v) is 2.60. The Balaban J connectivity index is 1.93. The SMILES string of the molecule is CC(NCc1ccncn1)c1ccc(F)cc1. The van der Waals surface area contributed by atoms with Crippen molar-refractivity contribution in [3.05, 3.63) is 59.9 Å². The summed E-state index contributed by atoms with van der Waals surface area (Å²) >= 11 is 0. The van der Waals surface area contributed by atoms with Gasteiger partial charge in [-0.25, -0.2) is 14.4 Å². The van der Waals surface area contributed by atoms with Gasteiger partial charge in [-0.15, -0.1) is 0 Å². The first-order valence-corrected chi connectivity index (χ1v) is 5.49. The van der Waals surface area contributed by atoms with E-state index in [0.717, 1.165) is 11.3 Å². The molecule has 2 rings (SSSR count). The zero-order valence-electron chi connectivity index (χ0n) is 9.60. The minimum absolute atomic E-state index is 0.158. The Morgan fingerprint density at radius 1 is 1.24 bits per heavy atom. The highest BCUT2D eigenvalue weighted by molar-refractivity contribution is 5.19. The number of rotatable bonds is 4. The fourth-order valence-corrected chi connectivity index (χ4v) is 1.55. The van der Waals surface area contributed by atoms with E-state index < -0.39 is 0 Å². The lowest BCUT2D eigenvalue weighted by Gasteiger charge is -2.13. The molecule has 0 aliphatic rings. The third-order valence-electron chi connectivity index (χ3n) is 2.60. The molecule has 0 amide bonds. The van der Waals surface area contributed by atoms with Crippen LogP contribution in [-0.2, 0) is 6.54 Å². The van der Waals surface area contributed by atoms with Gasteiger partial charge in [0.25, 0.3) is 0 Å². The van der Waals surface area contributed by atoms with Crippen molar-refractivity contribution >= 4 is 0 Å². The summed E-state index contributed by atoms with van der Waals surface area (Å²) in [6, 6.07) is 8.53. The lowest BCUT2D eigenvalue weighted by atomic mass is 10.1. The van der Waals surface area contributed by atoms with Gasteiger partial charge < -0.3 is 5.32 Å². The second-order valence-electron chi connectivity index (χ2n) is 3.85. The van der Waals surface area contributed by atoms with E-state index in [0.29, 0.717) is 6.54 Å². The zero-order valence-corrected chi connectivity index (χ0v) is 9.60. The number of benzene rings is 1. The summed E-state index contributed by atoms with van der Waals surface area (Å²) in [5.41, 5.74) is 1.99. The van der Waals surface area contributed by atoms with Gasteiger partial charge in [0.2, 0.25) is 0 Å². The maximum atomic E-state index is 12.8. The summed E-state index contributed by atoms with van der Waals surface area (Å²) in [7, 11) is 0. The van der Waals surface area contributed by atoms with Gasteiger partial charge >= 0.3 is 0 Å². The Labute approximate surface area is 99.7 Å². The van der Waals surface area contributed by atoms with Crippen LogP contribution in [0.25, 0.3) is 0 Å². The fraction of sp³-hybridized carbons (Fsp3) is 0.231. The van der Waals surface area contributed by atoms with Crippen molar-refractivity contribution in [3.63, 3.8) is 0 Å². The Bertz CT molecular complexity index is 456. The van der Waals surface area contributed by atoms with Crippen molar-refractivity contribution in [2.45, 2.75) is 19.5 Å². The minimum Gasteiger partial charge on any atom is -0.305 e. The number of halogens is 1. The molecule has 4 heteroatoms. The van der Waals surface area contributed by atoms with Gasteiger partial charge in [0.1, 0.15) is 12.1 Å². The van der Waals surface area contributed by atoms with Crippen molar-refractivity contribution < 1.29 is 4.39 Å². The molecule has 0 radical (unpaired) electrons. The first kappa shape index (κ1) is 11.7. The molecule has 0 saturated heterocycles. The molecule has 1 N–H and O–H groups in total. The molecule has 0 aliphatic heterocycles. The van der Waals surface area contributed by atoms with E-state index in [1.165, 1.54) is 18.5 Å². The van der Waals surface area contributed by atoms with Gasteiger partial charge in [0, 0.05) is 18.8 Å². The number of nitrogens with one attached hydrogen (secondary N) is 1. The van der Waals surface area contributed by atoms with Crippen molar-refractivity contribution in [3.8, 4) is 0 Å². The first-order chi connectivity index (χ1) is 8.25. The summed E-state index contributed by atoms with van der Waals surface area (Å²) in [6.45, 7) is 2.70. The molecule has 0 aliphatic carbocycles. The van der Waals surface area contributed by atoms with Crippen LogP contribution in [0.3, 0.4) is 0 Å². The van der Waals surface area contributed by atoms with Gasteiger partial charge in [0.15, 0.2) is 0 Å². The van der Waals surface area contributed by atoms with Crippen LogP contribution in [0, 0.1) is 5.82 Å². The molecule has 88 valence electrons. The summed E-state index contributed by atoms with van der Waals surface area (Å²) in [5, 5.41) is 3.32. The summed E-state index contributed by atoms with van der Waals surface area (Å²) < 4.78 is 12.8. The molecule has 0 bridgehead atoms. The van der Waals surface area contributed by atoms with E-state index in [9.17, 15) is 4.39 Å². The van der Waals surface area contributed by atoms with Crippen molar-refractivity contribution in [1.29, 1.82) is 0 Å². The largest absolute Gasteiger partial charge is 0.305 e. The van der Waals surface area contributed by atoms with Gasteiger partial charge in [-0.1, -0.05) is 12.1 Å². The fourth-order valence-electron chi connectivity index (χ4n) is 1.55.